The van der Waals surface area contributed by atoms with Crippen LogP contribution in [0.4, 0.5) is 0 Å². The molecule has 1 N–H and O–H groups in total. The van der Waals surface area contributed by atoms with Crippen molar-refractivity contribution in [2.24, 2.45) is 5.92 Å². The minimum absolute atomic E-state index is 0.734. The zero-order chi connectivity index (χ0) is 12.6. The Morgan fingerprint density at radius 1 is 1.33 bits per heavy atom. The summed E-state index contributed by atoms with van der Waals surface area (Å²) in [6, 6.07) is 3.01. The Labute approximate surface area is 116 Å². The fourth-order valence-electron chi connectivity index (χ4n) is 3.19. The first-order valence-corrected chi connectivity index (χ1v) is 8.57. The molecule has 1 aliphatic carbocycles. The van der Waals surface area contributed by atoms with Crippen LogP contribution in [-0.2, 0) is 6.42 Å². The summed E-state index contributed by atoms with van der Waals surface area (Å²) < 4.78 is 0. The van der Waals surface area contributed by atoms with Crippen LogP contribution in [0.2, 0.25) is 0 Å². The van der Waals surface area contributed by atoms with Crippen molar-refractivity contribution in [3.8, 4) is 0 Å². The third kappa shape index (κ3) is 4.74. The Balaban J connectivity index is 1.75. The normalized spacial score (nSPS) is 18.9. The minimum Gasteiger partial charge on any atom is -0.314 e. The maximum absolute atomic E-state index is 3.70. The van der Waals surface area contributed by atoms with E-state index >= 15 is 0 Å². The van der Waals surface area contributed by atoms with Gasteiger partial charge in [0.15, 0.2) is 0 Å². The highest BCUT2D eigenvalue weighted by Gasteiger charge is 2.18. The average Bonchev–Trinajstić information content (AvgIpc) is 2.91. The molecule has 0 spiro atoms. The second kappa shape index (κ2) is 7.96. The molecular formula is C16H27NS. The van der Waals surface area contributed by atoms with Crippen molar-refractivity contribution in [1.29, 1.82) is 0 Å². The van der Waals surface area contributed by atoms with Gasteiger partial charge in [0.05, 0.1) is 0 Å². The first kappa shape index (κ1) is 14.1. The summed E-state index contributed by atoms with van der Waals surface area (Å²) in [5, 5.41) is 8.18. The van der Waals surface area contributed by atoms with Crippen molar-refractivity contribution < 1.29 is 0 Å². The smallest absolute Gasteiger partial charge is 0.00727 e. The van der Waals surface area contributed by atoms with Gasteiger partial charge in [-0.05, 0) is 54.1 Å². The van der Waals surface area contributed by atoms with Crippen LogP contribution in [0.15, 0.2) is 16.8 Å². The van der Waals surface area contributed by atoms with Crippen molar-refractivity contribution in [1.82, 2.24) is 5.32 Å². The van der Waals surface area contributed by atoms with Gasteiger partial charge in [-0.2, -0.15) is 11.3 Å². The Kier molecular flexibility index (Phi) is 6.22. The Hall–Kier alpha value is -0.340. The van der Waals surface area contributed by atoms with E-state index in [4.69, 9.17) is 0 Å². The monoisotopic (exact) mass is 265 g/mol. The Morgan fingerprint density at radius 2 is 2.17 bits per heavy atom. The van der Waals surface area contributed by atoms with E-state index in [-0.39, 0.29) is 0 Å². The van der Waals surface area contributed by atoms with Gasteiger partial charge in [0.25, 0.3) is 0 Å². The molecule has 0 amide bonds. The molecule has 0 radical (unpaired) electrons. The maximum atomic E-state index is 3.70. The molecule has 0 aromatic carbocycles. The van der Waals surface area contributed by atoms with E-state index in [2.05, 4.69) is 29.1 Å². The van der Waals surface area contributed by atoms with Crippen LogP contribution in [0.1, 0.15) is 57.4 Å². The topological polar surface area (TPSA) is 12.0 Å². The van der Waals surface area contributed by atoms with Crippen LogP contribution in [0.25, 0.3) is 0 Å². The van der Waals surface area contributed by atoms with Crippen LogP contribution in [0.3, 0.4) is 0 Å². The molecule has 0 saturated heterocycles. The fourth-order valence-corrected chi connectivity index (χ4v) is 3.90. The molecule has 0 aliphatic heterocycles. The Bertz CT molecular complexity index is 301. The molecule has 0 bridgehead atoms. The number of nitrogens with one attached hydrogen (secondary N) is 1. The van der Waals surface area contributed by atoms with E-state index < -0.39 is 0 Å². The van der Waals surface area contributed by atoms with Crippen LogP contribution in [0.5, 0.6) is 0 Å². The third-order valence-corrected chi connectivity index (χ3v) is 4.93. The fraction of sp³-hybridized carbons (Fsp3) is 0.750. The standard InChI is InChI=1S/C16H27NS/c1-2-17-16(9-8-15-10-11-18-13-15)12-14-6-4-3-5-7-14/h10-11,13-14,16-17H,2-9,12H2,1H3. The van der Waals surface area contributed by atoms with Crippen LogP contribution >= 0.6 is 11.3 Å². The number of aryl methyl sites for hydroxylation is 1. The van der Waals surface area contributed by atoms with Gasteiger partial charge in [0.1, 0.15) is 0 Å². The highest BCUT2D eigenvalue weighted by Crippen LogP contribution is 2.28. The molecule has 2 rings (SSSR count). The summed E-state index contributed by atoms with van der Waals surface area (Å²) in [5.74, 6) is 0.991. The molecule has 1 aromatic rings. The van der Waals surface area contributed by atoms with Crippen molar-refractivity contribution in [3.05, 3.63) is 22.4 Å². The quantitative estimate of drug-likeness (QED) is 0.758. The molecule has 1 aliphatic rings. The molecule has 1 atom stereocenters. The molecule has 1 heterocycles. The SMILES string of the molecule is CCNC(CCc1ccsc1)CC1CCCCC1. The molecule has 1 aromatic heterocycles. The molecule has 1 saturated carbocycles. The van der Waals surface area contributed by atoms with Crippen molar-refractivity contribution in [3.63, 3.8) is 0 Å². The lowest BCUT2D eigenvalue weighted by Gasteiger charge is -2.27. The summed E-state index contributed by atoms with van der Waals surface area (Å²) >= 11 is 1.82. The number of rotatable bonds is 7. The van der Waals surface area contributed by atoms with Crippen LogP contribution < -0.4 is 5.32 Å². The number of hydrogen-bond donors (Lipinski definition) is 1. The maximum Gasteiger partial charge on any atom is 0.00727 e. The van der Waals surface area contributed by atoms with Gasteiger partial charge in [0.2, 0.25) is 0 Å². The van der Waals surface area contributed by atoms with Gasteiger partial charge in [-0.1, -0.05) is 39.0 Å². The first-order chi connectivity index (χ1) is 8.88. The lowest BCUT2D eigenvalue weighted by Crippen LogP contribution is -2.32. The predicted octanol–water partition coefficient (Wildman–Crippen LogP) is 4.63. The largest absolute Gasteiger partial charge is 0.314 e. The van der Waals surface area contributed by atoms with Crippen molar-refractivity contribution in [2.45, 2.75) is 64.3 Å². The van der Waals surface area contributed by atoms with Gasteiger partial charge in [-0.25, -0.2) is 0 Å². The summed E-state index contributed by atoms with van der Waals surface area (Å²) in [6.07, 6.45) is 11.3. The molecule has 1 unspecified atom stereocenters. The van der Waals surface area contributed by atoms with E-state index in [1.165, 1.54) is 56.9 Å². The predicted molar refractivity (Wildman–Crippen MR) is 81.3 cm³/mol. The summed E-state index contributed by atoms with van der Waals surface area (Å²) in [4.78, 5) is 0. The van der Waals surface area contributed by atoms with Gasteiger partial charge in [0, 0.05) is 6.04 Å². The van der Waals surface area contributed by atoms with Gasteiger partial charge < -0.3 is 5.32 Å². The molecular weight excluding hydrogens is 238 g/mol. The third-order valence-electron chi connectivity index (χ3n) is 4.20. The summed E-state index contributed by atoms with van der Waals surface area (Å²) in [7, 11) is 0. The highest BCUT2D eigenvalue weighted by atomic mass is 32.1. The van der Waals surface area contributed by atoms with Gasteiger partial charge in [-0.15, -0.1) is 0 Å². The lowest BCUT2D eigenvalue weighted by molar-refractivity contribution is 0.293. The van der Waals surface area contributed by atoms with Gasteiger partial charge in [-0.3, -0.25) is 0 Å². The van der Waals surface area contributed by atoms with E-state index in [1.54, 1.807) is 0 Å². The zero-order valence-corrected chi connectivity index (χ0v) is 12.5. The van der Waals surface area contributed by atoms with E-state index in [1.807, 2.05) is 11.3 Å². The average molecular weight is 265 g/mol. The lowest BCUT2D eigenvalue weighted by atomic mass is 9.84. The van der Waals surface area contributed by atoms with Crippen molar-refractivity contribution >= 4 is 11.3 Å². The minimum atomic E-state index is 0.734. The molecule has 1 fully saturated rings. The highest BCUT2D eigenvalue weighted by molar-refractivity contribution is 7.07. The summed E-state index contributed by atoms with van der Waals surface area (Å²) in [5.41, 5.74) is 1.52. The molecule has 1 nitrogen and oxygen atoms in total. The van der Waals surface area contributed by atoms with Crippen LogP contribution in [0, 0.1) is 5.92 Å². The number of hydrogen-bond acceptors (Lipinski definition) is 2. The van der Waals surface area contributed by atoms with E-state index in [0.717, 1.165) is 18.5 Å². The van der Waals surface area contributed by atoms with Gasteiger partial charge >= 0.3 is 0 Å². The van der Waals surface area contributed by atoms with E-state index in [9.17, 15) is 0 Å². The molecule has 102 valence electrons. The molecule has 18 heavy (non-hydrogen) atoms. The zero-order valence-electron chi connectivity index (χ0n) is 11.7. The second-order valence-corrected chi connectivity index (χ2v) is 6.44. The first-order valence-electron chi connectivity index (χ1n) is 7.63. The van der Waals surface area contributed by atoms with E-state index in [0.29, 0.717) is 0 Å². The second-order valence-electron chi connectivity index (χ2n) is 5.66. The molecule has 2 heteroatoms. The number of thiophene rings is 1. The van der Waals surface area contributed by atoms with Crippen LogP contribution in [-0.4, -0.2) is 12.6 Å². The van der Waals surface area contributed by atoms with Crippen molar-refractivity contribution in [2.75, 3.05) is 6.54 Å². The summed E-state index contributed by atoms with van der Waals surface area (Å²) in [6.45, 7) is 3.35. The Morgan fingerprint density at radius 3 is 2.83 bits per heavy atom.